The van der Waals surface area contributed by atoms with Gasteiger partial charge in [0.15, 0.2) is 0 Å². The summed E-state index contributed by atoms with van der Waals surface area (Å²) in [5.41, 5.74) is 1.39. The van der Waals surface area contributed by atoms with Gasteiger partial charge in [-0.15, -0.1) is 0 Å². The maximum atomic E-state index is 11.2. The van der Waals surface area contributed by atoms with E-state index < -0.39 is 10.0 Å². The van der Waals surface area contributed by atoms with Crippen LogP contribution in [0.15, 0.2) is 30.3 Å². The Morgan fingerprint density at radius 2 is 2.05 bits per heavy atom. The summed E-state index contributed by atoms with van der Waals surface area (Å²) in [4.78, 5) is 2.51. The van der Waals surface area contributed by atoms with E-state index in [1.807, 2.05) is 0 Å². The highest BCUT2D eigenvalue weighted by Gasteiger charge is 2.23. The zero-order chi connectivity index (χ0) is 16.0. The van der Waals surface area contributed by atoms with Crippen LogP contribution < -0.4 is 4.72 Å². The van der Waals surface area contributed by atoms with Gasteiger partial charge < -0.3 is 4.90 Å². The Morgan fingerprint density at radius 1 is 1.32 bits per heavy atom. The minimum Gasteiger partial charge on any atom is -0.300 e. The molecular weight excluding hydrogens is 296 g/mol. The number of likely N-dealkylation sites (tertiary alicyclic amines) is 1. The number of hydrogen-bond donors (Lipinski definition) is 1. The lowest BCUT2D eigenvalue weighted by Gasteiger charge is -2.37. The molecule has 0 bridgehead atoms. The first-order chi connectivity index (χ1) is 10.4. The van der Waals surface area contributed by atoms with Gasteiger partial charge in [-0.1, -0.05) is 30.3 Å². The van der Waals surface area contributed by atoms with Gasteiger partial charge in [0.2, 0.25) is 10.0 Å². The molecule has 1 aliphatic heterocycles. The molecule has 0 amide bonds. The van der Waals surface area contributed by atoms with E-state index in [0.29, 0.717) is 18.5 Å². The Balaban J connectivity index is 1.78. The predicted octanol–water partition coefficient (Wildman–Crippen LogP) is 2.27. The molecule has 0 unspecified atom stereocenters. The molecule has 0 radical (unpaired) electrons. The molecule has 2 rings (SSSR count). The van der Waals surface area contributed by atoms with E-state index in [9.17, 15) is 8.42 Å². The van der Waals surface area contributed by atoms with Crippen LogP contribution in [0.1, 0.15) is 31.7 Å². The first-order valence-corrected chi connectivity index (χ1v) is 10.1. The minimum atomic E-state index is -3.08. The number of nitrogens with one attached hydrogen (secondary N) is 1. The maximum absolute atomic E-state index is 11.2. The second kappa shape index (κ2) is 8.09. The van der Waals surface area contributed by atoms with Crippen molar-refractivity contribution < 1.29 is 8.42 Å². The summed E-state index contributed by atoms with van der Waals surface area (Å²) in [7, 11) is -3.08. The number of benzene rings is 1. The summed E-state index contributed by atoms with van der Waals surface area (Å²) < 4.78 is 25.1. The van der Waals surface area contributed by atoms with Gasteiger partial charge in [0.25, 0.3) is 0 Å². The highest BCUT2D eigenvalue weighted by atomic mass is 32.2. The summed E-state index contributed by atoms with van der Waals surface area (Å²) in [5.74, 6) is 0.433. The van der Waals surface area contributed by atoms with Crippen molar-refractivity contribution in [2.24, 2.45) is 5.92 Å². The molecule has 0 saturated carbocycles. The van der Waals surface area contributed by atoms with Crippen LogP contribution in [0.5, 0.6) is 0 Å². The standard InChI is InChI=1S/C17H28N2O2S/c1-15(10-11-16-7-4-3-5-8-16)19-12-6-9-17(14-19)13-18-22(2,20)21/h3-5,7-8,15,17-18H,6,9-14H2,1-2H3/t15-,17+/m1/s1. The third kappa shape index (κ3) is 6.07. The van der Waals surface area contributed by atoms with E-state index in [0.717, 1.165) is 38.8 Å². The number of hydrogen-bond acceptors (Lipinski definition) is 3. The average Bonchev–Trinajstić information content (AvgIpc) is 2.51. The van der Waals surface area contributed by atoms with Crippen LogP contribution in [0.3, 0.4) is 0 Å². The molecule has 1 fully saturated rings. The van der Waals surface area contributed by atoms with Gasteiger partial charge in [-0.25, -0.2) is 13.1 Å². The number of aryl methyl sites for hydroxylation is 1. The Hall–Kier alpha value is -0.910. The predicted molar refractivity (Wildman–Crippen MR) is 91.4 cm³/mol. The van der Waals surface area contributed by atoms with Crippen LogP contribution in [0.2, 0.25) is 0 Å². The quantitative estimate of drug-likeness (QED) is 0.837. The summed E-state index contributed by atoms with van der Waals surface area (Å²) in [5, 5.41) is 0. The normalized spacial score (nSPS) is 21.6. The highest BCUT2D eigenvalue weighted by Crippen LogP contribution is 2.20. The van der Waals surface area contributed by atoms with Gasteiger partial charge in [-0.05, 0) is 50.6 Å². The van der Waals surface area contributed by atoms with Crippen molar-refractivity contribution >= 4 is 10.0 Å². The van der Waals surface area contributed by atoms with Gasteiger partial charge in [0.1, 0.15) is 0 Å². The van der Waals surface area contributed by atoms with E-state index in [1.54, 1.807) is 0 Å². The fraction of sp³-hybridized carbons (Fsp3) is 0.647. The third-order valence-electron chi connectivity index (χ3n) is 4.50. The Kier molecular flexibility index (Phi) is 6.41. The topological polar surface area (TPSA) is 49.4 Å². The molecule has 1 N–H and O–H groups in total. The number of piperidine rings is 1. The molecule has 0 aromatic heterocycles. The van der Waals surface area contributed by atoms with Crippen molar-refractivity contribution in [3.05, 3.63) is 35.9 Å². The lowest BCUT2D eigenvalue weighted by molar-refractivity contribution is 0.127. The lowest BCUT2D eigenvalue weighted by atomic mass is 9.95. The van der Waals surface area contributed by atoms with E-state index in [2.05, 4.69) is 46.9 Å². The Morgan fingerprint density at radius 3 is 2.73 bits per heavy atom. The van der Waals surface area contributed by atoms with Crippen LogP contribution in [-0.2, 0) is 16.4 Å². The van der Waals surface area contributed by atoms with Crippen molar-refractivity contribution in [2.45, 2.75) is 38.6 Å². The van der Waals surface area contributed by atoms with Crippen LogP contribution in [-0.4, -0.2) is 45.2 Å². The summed E-state index contributed by atoms with van der Waals surface area (Å²) in [6.07, 6.45) is 5.76. The van der Waals surface area contributed by atoms with Crippen LogP contribution >= 0.6 is 0 Å². The third-order valence-corrected chi connectivity index (χ3v) is 5.19. The number of sulfonamides is 1. The fourth-order valence-corrected chi connectivity index (χ4v) is 3.67. The first kappa shape index (κ1) is 17.4. The average molecular weight is 324 g/mol. The number of rotatable bonds is 7. The molecular formula is C17H28N2O2S. The largest absolute Gasteiger partial charge is 0.300 e. The highest BCUT2D eigenvalue weighted by molar-refractivity contribution is 7.88. The zero-order valence-corrected chi connectivity index (χ0v) is 14.5. The van der Waals surface area contributed by atoms with Crippen molar-refractivity contribution in [3.63, 3.8) is 0 Å². The molecule has 124 valence electrons. The number of nitrogens with zero attached hydrogens (tertiary/aromatic N) is 1. The smallest absolute Gasteiger partial charge is 0.208 e. The van der Waals surface area contributed by atoms with E-state index in [4.69, 9.17) is 0 Å². The van der Waals surface area contributed by atoms with E-state index in [-0.39, 0.29) is 0 Å². The van der Waals surface area contributed by atoms with Crippen molar-refractivity contribution in [1.29, 1.82) is 0 Å². The van der Waals surface area contributed by atoms with Gasteiger partial charge in [-0.2, -0.15) is 0 Å². The Bertz CT molecular complexity index is 545. The summed E-state index contributed by atoms with van der Waals surface area (Å²) in [6.45, 7) is 4.99. The zero-order valence-electron chi connectivity index (χ0n) is 13.7. The van der Waals surface area contributed by atoms with Gasteiger partial charge in [-0.3, -0.25) is 0 Å². The molecule has 22 heavy (non-hydrogen) atoms. The van der Waals surface area contributed by atoms with E-state index >= 15 is 0 Å². The van der Waals surface area contributed by atoms with Gasteiger partial charge in [0, 0.05) is 19.1 Å². The molecule has 5 heteroatoms. The second-order valence-corrected chi connectivity index (χ2v) is 8.33. The van der Waals surface area contributed by atoms with Crippen molar-refractivity contribution in [2.75, 3.05) is 25.9 Å². The second-order valence-electron chi connectivity index (χ2n) is 6.50. The van der Waals surface area contributed by atoms with Gasteiger partial charge >= 0.3 is 0 Å². The van der Waals surface area contributed by atoms with E-state index in [1.165, 1.54) is 11.8 Å². The molecule has 0 aliphatic carbocycles. The van der Waals surface area contributed by atoms with Crippen LogP contribution in [0.4, 0.5) is 0 Å². The summed E-state index contributed by atoms with van der Waals surface area (Å²) >= 11 is 0. The van der Waals surface area contributed by atoms with Crippen molar-refractivity contribution in [1.82, 2.24) is 9.62 Å². The minimum absolute atomic E-state index is 0.433. The molecule has 1 aromatic carbocycles. The molecule has 0 spiro atoms. The Labute approximate surface area is 135 Å². The van der Waals surface area contributed by atoms with Crippen molar-refractivity contribution in [3.8, 4) is 0 Å². The van der Waals surface area contributed by atoms with Crippen LogP contribution in [0, 0.1) is 5.92 Å². The lowest BCUT2D eigenvalue weighted by Crippen LogP contribution is -2.44. The monoisotopic (exact) mass is 324 g/mol. The van der Waals surface area contributed by atoms with Gasteiger partial charge in [0.05, 0.1) is 6.26 Å². The fourth-order valence-electron chi connectivity index (χ4n) is 3.14. The molecule has 2 atom stereocenters. The molecule has 4 nitrogen and oxygen atoms in total. The molecule has 1 aliphatic rings. The molecule has 1 aromatic rings. The molecule has 1 saturated heterocycles. The maximum Gasteiger partial charge on any atom is 0.208 e. The van der Waals surface area contributed by atoms with Crippen LogP contribution in [0.25, 0.3) is 0 Å². The first-order valence-electron chi connectivity index (χ1n) is 8.16. The summed E-state index contributed by atoms with van der Waals surface area (Å²) in [6, 6.07) is 11.1. The SMILES string of the molecule is C[C@H](CCc1ccccc1)N1CCC[C@@H](CNS(C)(=O)=O)C1. The molecule has 1 heterocycles.